The molecular weight excluding hydrogens is 212 g/mol. The third kappa shape index (κ3) is 2.75. The zero-order valence-electron chi connectivity index (χ0n) is 9.89. The zero-order chi connectivity index (χ0) is 12.3. The van der Waals surface area contributed by atoms with Crippen LogP contribution in [0, 0.1) is 0 Å². The molecule has 0 atom stereocenters. The summed E-state index contributed by atoms with van der Waals surface area (Å²) >= 11 is 0. The standard InChI is InChI=1S/C14H16N2O/c1-2-11-3-5-12(6-4-11)9-16-10-13(15)7-8-14(16)17/h3-8,10H,2,9,15H2,1H3. The molecule has 0 fully saturated rings. The van der Waals surface area contributed by atoms with E-state index in [-0.39, 0.29) is 5.56 Å². The first kappa shape index (κ1) is 11.5. The molecule has 0 amide bonds. The van der Waals surface area contributed by atoms with Gasteiger partial charge in [0, 0.05) is 18.0 Å². The first-order valence-electron chi connectivity index (χ1n) is 5.73. The number of nitrogens with zero attached hydrogens (tertiary/aromatic N) is 1. The van der Waals surface area contributed by atoms with Gasteiger partial charge in [0.25, 0.3) is 5.56 Å². The quantitative estimate of drug-likeness (QED) is 0.874. The largest absolute Gasteiger partial charge is 0.398 e. The van der Waals surface area contributed by atoms with Gasteiger partial charge in [0.05, 0.1) is 6.54 Å². The Morgan fingerprint density at radius 3 is 2.35 bits per heavy atom. The highest BCUT2D eigenvalue weighted by Crippen LogP contribution is 2.07. The average Bonchev–Trinajstić information content (AvgIpc) is 2.35. The molecule has 2 rings (SSSR count). The molecule has 1 aromatic heterocycles. The van der Waals surface area contributed by atoms with E-state index in [0.717, 1.165) is 12.0 Å². The van der Waals surface area contributed by atoms with Crippen LogP contribution in [0.3, 0.4) is 0 Å². The van der Waals surface area contributed by atoms with Crippen molar-refractivity contribution >= 4 is 5.69 Å². The average molecular weight is 228 g/mol. The van der Waals surface area contributed by atoms with Gasteiger partial charge in [-0.3, -0.25) is 4.79 Å². The molecule has 0 aliphatic carbocycles. The van der Waals surface area contributed by atoms with Crippen LogP contribution < -0.4 is 11.3 Å². The Morgan fingerprint density at radius 1 is 1.06 bits per heavy atom. The maximum Gasteiger partial charge on any atom is 0.250 e. The molecule has 2 aromatic rings. The zero-order valence-corrected chi connectivity index (χ0v) is 9.89. The van der Waals surface area contributed by atoms with Crippen LogP contribution in [0.25, 0.3) is 0 Å². The van der Waals surface area contributed by atoms with E-state index in [2.05, 4.69) is 31.2 Å². The highest BCUT2D eigenvalue weighted by atomic mass is 16.1. The minimum Gasteiger partial charge on any atom is -0.398 e. The summed E-state index contributed by atoms with van der Waals surface area (Å²) in [5, 5.41) is 0. The van der Waals surface area contributed by atoms with E-state index in [9.17, 15) is 4.79 Å². The van der Waals surface area contributed by atoms with Crippen molar-refractivity contribution in [3.63, 3.8) is 0 Å². The van der Waals surface area contributed by atoms with Crippen LogP contribution in [0.1, 0.15) is 18.1 Å². The number of nitrogens with two attached hydrogens (primary N) is 1. The summed E-state index contributed by atoms with van der Waals surface area (Å²) in [4.78, 5) is 11.6. The predicted molar refractivity (Wildman–Crippen MR) is 70.0 cm³/mol. The predicted octanol–water partition coefficient (Wildman–Crippen LogP) is 2.04. The summed E-state index contributed by atoms with van der Waals surface area (Å²) in [6.45, 7) is 2.69. The van der Waals surface area contributed by atoms with E-state index in [0.29, 0.717) is 12.2 Å². The Morgan fingerprint density at radius 2 is 1.71 bits per heavy atom. The maximum atomic E-state index is 11.6. The lowest BCUT2D eigenvalue weighted by Gasteiger charge is -2.07. The van der Waals surface area contributed by atoms with Crippen molar-refractivity contribution in [2.45, 2.75) is 19.9 Å². The second kappa shape index (κ2) is 4.87. The number of nitrogen functional groups attached to an aromatic ring is 1. The lowest BCUT2D eigenvalue weighted by atomic mass is 10.1. The van der Waals surface area contributed by atoms with Crippen molar-refractivity contribution in [1.29, 1.82) is 0 Å². The van der Waals surface area contributed by atoms with E-state index in [4.69, 9.17) is 5.73 Å². The Hall–Kier alpha value is -2.03. The highest BCUT2D eigenvalue weighted by molar-refractivity contribution is 5.34. The molecule has 0 radical (unpaired) electrons. The summed E-state index contributed by atoms with van der Waals surface area (Å²) in [6.07, 6.45) is 2.70. The highest BCUT2D eigenvalue weighted by Gasteiger charge is 1.98. The molecule has 3 heteroatoms. The molecule has 0 aliphatic heterocycles. The molecule has 0 unspecified atom stereocenters. The fraction of sp³-hybridized carbons (Fsp3) is 0.214. The molecule has 2 N–H and O–H groups in total. The van der Waals surface area contributed by atoms with Crippen LogP contribution in [-0.2, 0) is 13.0 Å². The molecule has 0 saturated heterocycles. The lowest BCUT2D eigenvalue weighted by molar-refractivity contribution is 0.761. The molecule has 1 aromatic carbocycles. The molecule has 3 nitrogen and oxygen atoms in total. The third-order valence-corrected chi connectivity index (χ3v) is 2.79. The number of hydrogen-bond donors (Lipinski definition) is 1. The van der Waals surface area contributed by atoms with E-state index >= 15 is 0 Å². The number of hydrogen-bond acceptors (Lipinski definition) is 2. The SMILES string of the molecule is CCc1ccc(Cn2cc(N)ccc2=O)cc1. The second-order valence-electron chi connectivity index (χ2n) is 4.10. The molecular formula is C14H16N2O. The fourth-order valence-corrected chi connectivity index (χ4v) is 1.75. The summed E-state index contributed by atoms with van der Waals surface area (Å²) in [7, 11) is 0. The maximum absolute atomic E-state index is 11.6. The van der Waals surface area contributed by atoms with E-state index in [1.54, 1.807) is 16.8 Å². The Labute approximate surface area is 101 Å². The Balaban J connectivity index is 2.25. The number of aryl methyl sites for hydroxylation is 1. The van der Waals surface area contributed by atoms with Gasteiger partial charge in [0.2, 0.25) is 0 Å². The smallest absolute Gasteiger partial charge is 0.250 e. The van der Waals surface area contributed by atoms with Crippen LogP contribution >= 0.6 is 0 Å². The van der Waals surface area contributed by atoms with E-state index in [1.165, 1.54) is 11.6 Å². The summed E-state index contributed by atoms with van der Waals surface area (Å²) in [5.41, 5.74) is 8.65. The van der Waals surface area contributed by atoms with Gasteiger partial charge in [-0.05, 0) is 23.6 Å². The normalized spacial score (nSPS) is 10.4. The van der Waals surface area contributed by atoms with Crippen LogP contribution in [0.2, 0.25) is 0 Å². The topological polar surface area (TPSA) is 48.0 Å². The first-order valence-corrected chi connectivity index (χ1v) is 5.73. The summed E-state index contributed by atoms with van der Waals surface area (Å²) in [6, 6.07) is 11.4. The number of rotatable bonds is 3. The van der Waals surface area contributed by atoms with Crippen molar-refractivity contribution in [3.05, 3.63) is 64.1 Å². The van der Waals surface area contributed by atoms with Crippen LogP contribution in [-0.4, -0.2) is 4.57 Å². The van der Waals surface area contributed by atoms with Gasteiger partial charge < -0.3 is 10.3 Å². The summed E-state index contributed by atoms with van der Waals surface area (Å²) in [5.74, 6) is 0. The summed E-state index contributed by atoms with van der Waals surface area (Å²) < 4.78 is 1.62. The minimum absolute atomic E-state index is 0.0289. The van der Waals surface area contributed by atoms with Crippen LogP contribution in [0.15, 0.2) is 47.4 Å². The van der Waals surface area contributed by atoms with Gasteiger partial charge in [-0.15, -0.1) is 0 Å². The first-order chi connectivity index (χ1) is 8.19. The molecule has 0 saturated carbocycles. The number of benzene rings is 1. The number of pyridine rings is 1. The molecule has 0 bridgehead atoms. The monoisotopic (exact) mass is 228 g/mol. The lowest BCUT2D eigenvalue weighted by Crippen LogP contribution is -2.19. The van der Waals surface area contributed by atoms with Gasteiger partial charge in [-0.1, -0.05) is 31.2 Å². The molecule has 88 valence electrons. The molecule has 0 spiro atoms. The van der Waals surface area contributed by atoms with Gasteiger partial charge in [0.1, 0.15) is 0 Å². The number of anilines is 1. The van der Waals surface area contributed by atoms with Crippen LogP contribution in [0.5, 0.6) is 0 Å². The molecule has 17 heavy (non-hydrogen) atoms. The third-order valence-electron chi connectivity index (χ3n) is 2.79. The van der Waals surface area contributed by atoms with Crippen molar-refractivity contribution in [2.75, 3.05) is 5.73 Å². The van der Waals surface area contributed by atoms with Crippen molar-refractivity contribution in [3.8, 4) is 0 Å². The van der Waals surface area contributed by atoms with Gasteiger partial charge in [-0.25, -0.2) is 0 Å². The van der Waals surface area contributed by atoms with E-state index in [1.807, 2.05) is 0 Å². The fourth-order valence-electron chi connectivity index (χ4n) is 1.75. The van der Waals surface area contributed by atoms with Gasteiger partial charge in [-0.2, -0.15) is 0 Å². The van der Waals surface area contributed by atoms with Crippen molar-refractivity contribution < 1.29 is 0 Å². The molecule has 0 aliphatic rings. The van der Waals surface area contributed by atoms with E-state index < -0.39 is 0 Å². The Bertz CT molecular complexity index is 555. The van der Waals surface area contributed by atoms with Gasteiger partial charge in [0.15, 0.2) is 0 Å². The second-order valence-corrected chi connectivity index (χ2v) is 4.10. The van der Waals surface area contributed by atoms with Gasteiger partial charge >= 0.3 is 0 Å². The van der Waals surface area contributed by atoms with Crippen molar-refractivity contribution in [2.24, 2.45) is 0 Å². The van der Waals surface area contributed by atoms with Crippen molar-refractivity contribution in [1.82, 2.24) is 4.57 Å². The Kier molecular flexibility index (Phi) is 3.28. The minimum atomic E-state index is -0.0289. The van der Waals surface area contributed by atoms with Crippen LogP contribution in [0.4, 0.5) is 5.69 Å². The molecule has 1 heterocycles. The number of aromatic nitrogens is 1.